The number of ether oxygens (including phenoxy) is 1. The normalized spacial score (nSPS) is 16.1. The molecule has 168 valence electrons. The first kappa shape index (κ1) is 22.7. The first-order chi connectivity index (χ1) is 14.6. The van der Waals surface area contributed by atoms with E-state index in [4.69, 9.17) is 4.74 Å². The number of aryl methyl sites for hydroxylation is 1. The summed E-state index contributed by atoms with van der Waals surface area (Å²) in [5.74, 6) is 1.15. The first-order valence-electron chi connectivity index (χ1n) is 10.5. The van der Waals surface area contributed by atoms with Crippen LogP contribution >= 0.6 is 0 Å². The Morgan fingerprint density at radius 3 is 2.65 bits per heavy atom. The van der Waals surface area contributed by atoms with Gasteiger partial charge in [0.25, 0.3) is 0 Å². The number of anilines is 4. The molecule has 1 aliphatic heterocycles. The number of carbonyl (C=O) groups excluding carboxylic acids is 1. The van der Waals surface area contributed by atoms with Gasteiger partial charge >= 0.3 is 5.97 Å². The van der Waals surface area contributed by atoms with Crippen LogP contribution in [-0.4, -0.2) is 60.8 Å². The monoisotopic (exact) mass is 427 g/mol. The lowest BCUT2D eigenvalue weighted by molar-refractivity contribution is 0.0601. The Bertz CT molecular complexity index is 921. The van der Waals surface area contributed by atoms with Crippen LogP contribution in [0.2, 0.25) is 0 Å². The van der Waals surface area contributed by atoms with Crippen LogP contribution in [0.1, 0.15) is 43.1 Å². The van der Waals surface area contributed by atoms with E-state index >= 15 is 0 Å². The number of aromatic nitrogens is 3. The molecule has 31 heavy (non-hydrogen) atoms. The first-order valence-corrected chi connectivity index (χ1v) is 10.5. The Kier molecular flexibility index (Phi) is 6.94. The fraction of sp³-hybridized carbons (Fsp3) is 0.545. The lowest BCUT2D eigenvalue weighted by Gasteiger charge is -2.27. The van der Waals surface area contributed by atoms with Crippen molar-refractivity contribution in [2.45, 2.75) is 40.2 Å². The molecule has 0 spiro atoms. The lowest BCUT2D eigenvalue weighted by Crippen LogP contribution is -2.31. The van der Waals surface area contributed by atoms with Gasteiger partial charge in [-0.3, -0.25) is 0 Å². The molecule has 1 aliphatic rings. The highest BCUT2D eigenvalue weighted by Gasteiger charge is 2.20. The van der Waals surface area contributed by atoms with Crippen LogP contribution in [0.25, 0.3) is 0 Å². The second-order valence-corrected chi connectivity index (χ2v) is 9.18. The molecule has 9 heteroatoms. The van der Waals surface area contributed by atoms with Gasteiger partial charge in [-0.2, -0.15) is 15.0 Å². The van der Waals surface area contributed by atoms with Gasteiger partial charge < -0.3 is 25.6 Å². The summed E-state index contributed by atoms with van der Waals surface area (Å²) >= 11 is 0. The Morgan fingerprint density at radius 1 is 1.26 bits per heavy atom. The summed E-state index contributed by atoms with van der Waals surface area (Å²) in [5, 5.41) is 10.0. The van der Waals surface area contributed by atoms with Gasteiger partial charge in [-0.15, -0.1) is 0 Å². The maximum atomic E-state index is 11.9. The lowest BCUT2D eigenvalue weighted by atomic mass is 9.96. The minimum absolute atomic E-state index is 0.0867. The van der Waals surface area contributed by atoms with Gasteiger partial charge in [0, 0.05) is 31.9 Å². The van der Waals surface area contributed by atoms with Crippen LogP contribution in [0.5, 0.6) is 0 Å². The number of nitrogens with one attached hydrogen (secondary N) is 3. The summed E-state index contributed by atoms with van der Waals surface area (Å²) in [7, 11) is 3.35. The predicted molar refractivity (Wildman–Crippen MR) is 123 cm³/mol. The smallest absolute Gasteiger partial charge is 0.337 e. The van der Waals surface area contributed by atoms with Crippen LogP contribution in [0.15, 0.2) is 18.2 Å². The van der Waals surface area contributed by atoms with Crippen LogP contribution < -0.4 is 20.9 Å². The topological polar surface area (TPSA) is 104 Å². The second kappa shape index (κ2) is 9.47. The molecule has 9 nitrogen and oxygen atoms in total. The van der Waals surface area contributed by atoms with E-state index in [0.29, 0.717) is 23.4 Å². The number of esters is 1. The van der Waals surface area contributed by atoms with E-state index in [0.717, 1.165) is 37.3 Å². The van der Waals surface area contributed by atoms with Gasteiger partial charge in [0.2, 0.25) is 17.8 Å². The van der Waals surface area contributed by atoms with E-state index in [1.807, 2.05) is 24.9 Å². The molecule has 2 heterocycles. The summed E-state index contributed by atoms with van der Waals surface area (Å²) < 4.78 is 4.84. The largest absolute Gasteiger partial charge is 0.465 e. The standard InChI is InChI=1S/C22H33N7O2/c1-14-7-8-15(18(30)31-6)11-17(14)25-20-26-19(24-16-9-10-23-12-16)27-21(28-20)29(5)13-22(2,3)4/h7-8,11,16,23H,9-10,12-13H2,1-6H3,(H2,24,25,26,27,28)/t16-/m1/s1. The molecule has 0 bridgehead atoms. The van der Waals surface area contributed by atoms with E-state index in [9.17, 15) is 4.79 Å². The highest BCUT2D eigenvalue weighted by Crippen LogP contribution is 2.24. The molecule has 1 atom stereocenters. The Balaban J connectivity index is 1.92. The number of rotatable bonds is 7. The van der Waals surface area contributed by atoms with Crippen molar-refractivity contribution < 1.29 is 9.53 Å². The molecule has 1 aromatic heterocycles. The molecule has 3 N–H and O–H groups in total. The van der Waals surface area contributed by atoms with Gasteiger partial charge in [0.1, 0.15) is 0 Å². The summed E-state index contributed by atoms with van der Waals surface area (Å²) in [6, 6.07) is 5.63. The zero-order valence-electron chi connectivity index (χ0n) is 19.2. The number of carbonyl (C=O) groups is 1. The van der Waals surface area contributed by atoms with Crippen molar-refractivity contribution in [1.82, 2.24) is 20.3 Å². The van der Waals surface area contributed by atoms with E-state index < -0.39 is 0 Å². The Labute approximate surface area is 184 Å². The van der Waals surface area contributed by atoms with E-state index in [2.05, 4.69) is 51.7 Å². The van der Waals surface area contributed by atoms with Crippen molar-refractivity contribution in [2.24, 2.45) is 5.41 Å². The van der Waals surface area contributed by atoms with Crippen molar-refractivity contribution >= 4 is 29.5 Å². The third-order valence-electron chi connectivity index (χ3n) is 4.98. The Morgan fingerprint density at radius 2 is 2.00 bits per heavy atom. The zero-order valence-corrected chi connectivity index (χ0v) is 19.2. The van der Waals surface area contributed by atoms with Crippen molar-refractivity contribution in [3.05, 3.63) is 29.3 Å². The quantitative estimate of drug-likeness (QED) is 0.575. The van der Waals surface area contributed by atoms with E-state index in [1.54, 1.807) is 12.1 Å². The van der Waals surface area contributed by atoms with Gasteiger partial charge in [-0.25, -0.2) is 4.79 Å². The summed E-state index contributed by atoms with van der Waals surface area (Å²) in [5.41, 5.74) is 2.26. The average molecular weight is 428 g/mol. The van der Waals surface area contributed by atoms with E-state index in [1.165, 1.54) is 7.11 Å². The van der Waals surface area contributed by atoms with Crippen molar-refractivity contribution in [3.8, 4) is 0 Å². The fourth-order valence-electron chi connectivity index (χ4n) is 3.52. The average Bonchev–Trinajstić information content (AvgIpc) is 3.20. The third-order valence-corrected chi connectivity index (χ3v) is 4.98. The van der Waals surface area contributed by atoms with Crippen LogP contribution in [0, 0.1) is 12.3 Å². The molecule has 3 rings (SSSR count). The van der Waals surface area contributed by atoms with Gasteiger partial charge in [-0.05, 0) is 43.0 Å². The number of hydrogen-bond donors (Lipinski definition) is 3. The van der Waals surface area contributed by atoms with Crippen LogP contribution in [0.3, 0.4) is 0 Å². The summed E-state index contributed by atoms with van der Waals surface area (Å²) in [6.45, 7) is 11.1. The molecule has 0 unspecified atom stereocenters. The minimum Gasteiger partial charge on any atom is -0.465 e. The molecule has 1 aromatic carbocycles. The van der Waals surface area contributed by atoms with Crippen LogP contribution in [0.4, 0.5) is 23.5 Å². The SMILES string of the molecule is COC(=O)c1ccc(C)c(Nc2nc(N[C@@H]3CCNC3)nc(N(C)CC(C)(C)C)n2)c1. The number of nitrogens with zero attached hydrogens (tertiary/aromatic N) is 4. The van der Waals surface area contributed by atoms with Gasteiger partial charge in [0.05, 0.1) is 12.7 Å². The number of methoxy groups -OCH3 is 1. The fourth-order valence-corrected chi connectivity index (χ4v) is 3.52. The number of hydrogen-bond acceptors (Lipinski definition) is 9. The molecule has 1 fully saturated rings. The molecule has 0 radical (unpaired) electrons. The summed E-state index contributed by atoms with van der Waals surface area (Å²) in [4.78, 5) is 27.9. The van der Waals surface area contributed by atoms with Crippen LogP contribution in [-0.2, 0) is 4.74 Å². The molecule has 0 aliphatic carbocycles. The molecular formula is C22H33N7O2. The van der Waals surface area contributed by atoms with Crippen molar-refractivity contribution in [2.75, 3.05) is 49.3 Å². The van der Waals surface area contributed by atoms with Gasteiger partial charge in [0.15, 0.2) is 0 Å². The van der Waals surface area contributed by atoms with Crippen molar-refractivity contribution in [3.63, 3.8) is 0 Å². The number of benzene rings is 1. The molecule has 2 aromatic rings. The zero-order chi connectivity index (χ0) is 22.6. The highest BCUT2D eigenvalue weighted by atomic mass is 16.5. The molecule has 0 amide bonds. The highest BCUT2D eigenvalue weighted by molar-refractivity contribution is 5.91. The van der Waals surface area contributed by atoms with Crippen molar-refractivity contribution in [1.29, 1.82) is 0 Å². The van der Waals surface area contributed by atoms with Gasteiger partial charge in [-0.1, -0.05) is 26.8 Å². The predicted octanol–water partition coefficient (Wildman–Crippen LogP) is 2.97. The maximum absolute atomic E-state index is 11.9. The molecular weight excluding hydrogens is 394 g/mol. The summed E-state index contributed by atoms with van der Waals surface area (Å²) in [6.07, 6.45) is 1.02. The van der Waals surface area contributed by atoms with E-state index in [-0.39, 0.29) is 17.4 Å². The maximum Gasteiger partial charge on any atom is 0.337 e. The minimum atomic E-state index is -0.389. The molecule has 1 saturated heterocycles. The Hall–Kier alpha value is -2.94. The second-order valence-electron chi connectivity index (χ2n) is 9.18. The third kappa shape index (κ3) is 6.27. The molecule has 0 saturated carbocycles.